The fourth-order valence-electron chi connectivity index (χ4n) is 7.22. The molecule has 3 aliphatic heterocycles. The van der Waals surface area contributed by atoms with Crippen LogP contribution in [0.4, 0.5) is 5.69 Å². The number of amides is 1. The highest BCUT2D eigenvalue weighted by Crippen LogP contribution is 2.56. The van der Waals surface area contributed by atoms with E-state index in [1.54, 1.807) is 42.7 Å². The van der Waals surface area contributed by atoms with Gasteiger partial charge in [-0.15, -0.1) is 0 Å². The molecule has 2 aromatic heterocycles. The molecular formula is C34H37ClN6O6S. The monoisotopic (exact) mass is 692 g/mol. The Morgan fingerprint density at radius 3 is 2.44 bits per heavy atom. The summed E-state index contributed by atoms with van der Waals surface area (Å²) in [6.07, 6.45) is 6.17. The van der Waals surface area contributed by atoms with E-state index >= 15 is 4.79 Å². The number of sulfonamides is 1. The summed E-state index contributed by atoms with van der Waals surface area (Å²) >= 11 is 6.69. The number of ether oxygens (including phenoxy) is 2. The van der Waals surface area contributed by atoms with Crippen molar-refractivity contribution in [2.45, 2.75) is 35.9 Å². The number of rotatable bonds is 9. The molecule has 0 N–H and O–H groups in total. The number of fused-ring (bicyclic) bond motifs is 1. The highest BCUT2D eigenvalue weighted by molar-refractivity contribution is 7.93. The molecule has 0 bridgehead atoms. The smallest absolute Gasteiger partial charge is 0.271 e. The van der Waals surface area contributed by atoms with Crippen LogP contribution in [0.25, 0.3) is 0 Å². The Morgan fingerprint density at radius 2 is 1.75 bits per heavy atom. The number of benzene rings is 2. The highest BCUT2D eigenvalue weighted by Gasteiger charge is 2.63. The number of piperazine rings is 1. The molecule has 3 aliphatic rings. The standard InChI is InChI=1S/C34H37ClN6O6S/c1-38-14-16-39(17-15-38)22-23-19-28(31(46-3)37-21-23)34(40-13-4-5-30(40)32-36-12-18-47-32)27-20-24(35)6-11-29(27)41(33(34)42)48(43,44)26-9-7-25(45-2)8-10-26/h6-12,18-21,30H,4-5,13-17,22H2,1-3H3/t30-,34?/m0/s1. The van der Waals surface area contributed by atoms with Gasteiger partial charge in [-0.25, -0.2) is 22.7 Å². The Labute approximate surface area is 284 Å². The van der Waals surface area contributed by atoms with Crippen LogP contribution in [-0.4, -0.2) is 93.0 Å². The second kappa shape index (κ2) is 12.8. The van der Waals surface area contributed by atoms with Gasteiger partial charge < -0.3 is 18.8 Å². The fourth-order valence-corrected chi connectivity index (χ4v) is 8.85. The van der Waals surface area contributed by atoms with Gasteiger partial charge >= 0.3 is 0 Å². The number of carbonyl (C=O) groups is 1. The first-order valence-corrected chi connectivity index (χ1v) is 17.6. The second-order valence-corrected chi connectivity index (χ2v) is 14.5. The van der Waals surface area contributed by atoms with Gasteiger partial charge in [-0.2, -0.15) is 0 Å². The zero-order valence-electron chi connectivity index (χ0n) is 27.0. The van der Waals surface area contributed by atoms with E-state index in [1.807, 2.05) is 11.0 Å². The van der Waals surface area contributed by atoms with Crippen LogP contribution in [0.2, 0.25) is 5.02 Å². The van der Waals surface area contributed by atoms with Gasteiger partial charge in [-0.1, -0.05) is 11.6 Å². The quantitative estimate of drug-likeness (QED) is 0.250. The maximum Gasteiger partial charge on any atom is 0.271 e. The third-order valence-electron chi connectivity index (χ3n) is 9.57. The first-order chi connectivity index (χ1) is 23.2. The summed E-state index contributed by atoms with van der Waals surface area (Å²) in [5.41, 5.74) is 0.189. The number of aromatic nitrogens is 2. The molecule has 0 radical (unpaired) electrons. The number of nitrogens with zero attached hydrogens (tertiary/aromatic N) is 6. The molecule has 0 spiro atoms. The molecule has 12 nitrogen and oxygen atoms in total. The zero-order chi connectivity index (χ0) is 33.6. The molecule has 2 saturated heterocycles. The molecule has 48 heavy (non-hydrogen) atoms. The maximum absolute atomic E-state index is 15.5. The highest BCUT2D eigenvalue weighted by atomic mass is 35.5. The molecule has 1 unspecified atom stereocenters. The van der Waals surface area contributed by atoms with Crippen LogP contribution in [-0.2, 0) is 26.9 Å². The normalized spacial score (nSPS) is 22.3. The van der Waals surface area contributed by atoms with E-state index in [2.05, 4.69) is 21.8 Å². The first kappa shape index (κ1) is 32.5. The van der Waals surface area contributed by atoms with Crippen LogP contribution in [0.1, 0.15) is 41.5 Å². The molecule has 5 heterocycles. The summed E-state index contributed by atoms with van der Waals surface area (Å²) in [5.74, 6) is 0.436. The molecule has 14 heteroatoms. The third-order valence-corrected chi connectivity index (χ3v) is 11.5. The summed E-state index contributed by atoms with van der Waals surface area (Å²) in [6.45, 7) is 4.68. The molecule has 0 saturated carbocycles. The Morgan fingerprint density at radius 1 is 0.979 bits per heavy atom. The maximum atomic E-state index is 15.5. The van der Waals surface area contributed by atoms with Crippen molar-refractivity contribution in [3.05, 3.63) is 94.8 Å². The summed E-state index contributed by atoms with van der Waals surface area (Å²) in [7, 11) is 0.675. The predicted octanol–water partition coefficient (Wildman–Crippen LogP) is 4.30. The van der Waals surface area contributed by atoms with Gasteiger partial charge in [0.25, 0.3) is 15.9 Å². The average molecular weight is 693 g/mol. The number of hydrogen-bond donors (Lipinski definition) is 0. The molecular weight excluding hydrogens is 656 g/mol. The van der Waals surface area contributed by atoms with Crippen LogP contribution >= 0.6 is 11.6 Å². The zero-order valence-corrected chi connectivity index (χ0v) is 28.6. The van der Waals surface area contributed by atoms with E-state index < -0.39 is 27.5 Å². The van der Waals surface area contributed by atoms with E-state index in [4.69, 9.17) is 30.5 Å². The van der Waals surface area contributed by atoms with Crippen molar-refractivity contribution in [1.29, 1.82) is 0 Å². The summed E-state index contributed by atoms with van der Waals surface area (Å²) in [5, 5.41) is 0.349. The van der Waals surface area contributed by atoms with Gasteiger partial charge in [0.05, 0.1) is 37.0 Å². The minimum absolute atomic E-state index is 0.0621. The van der Waals surface area contributed by atoms with Crippen LogP contribution in [0.15, 0.2) is 76.5 Å². The summed E-state index contributed by atoms with van der Waals surface area (Å²) in [6, 6.07) is 12.3. The third kappa shape index (κ3) is 5.34. The van der Waals surface area contributed by atoms with E-state index in [0.29, 0.717) is 53.7 Å². The van der Waals surface area contributed by atoms with Gasteiger partial charge in [0.15, 0.2) is 5.54 Å². The molecule has 2 fully saturated rings. The average Bonchev–Trinajstić information content (AvgIpc) is 3.85. The van der Waals surface area contributed by atoms with Crippen molar-refractivity contribution in [2.24, 2.45) is 0 Å². The van der Waals surface area contributed by atoms with Crippen LogP contribution in [0.3, 0.4) is 0 Å². The first-order valence-electron chi connectivity index (χ1n) is 15.8. The van der Waals surface area contributed by atoms with Crippen molar-refractivity contribution in [3.63, 3.8) is 0 Å². The number of pyridine rings is 1. The van der Waals surface area contributed by atoms with Crippen molar-refractivity contribution < 1.29 is 27.1 Å². The Kier molecular flexibility index (Phi) is 8.67. The molecule has 7 rings (SSSR count). The number of hydrogen-bond acceptors (Lipinski definition) is 11. The number of likely N-dealkylation sites (tertiary alicyclic amines) is 1. The number of methoxy groups -OCH3 is 2. The molecule has 2 aromatic carbocycles. The number of halogens is 1. The Hall–Kier alpha value is -4.01. The van der Waals surface area contributed by atoms with Gasteiger partial charge in [0.1, 0.15) is 12.0 Å². The topological polar surface area (TPSA) is 122 Å². The van der Waals surface area contributed by atoms with E-state index in [-0.39, 0.29) is 16.5 Å². The van der Waals surface area contributed by atoms with E-state index in [1.165, 1.54) is 32.6 Å². The fraction of sp³-hybridized carbons (Fsp3) is 0.382. The van der Waals surface area contributed by atoms with Crippen molar-refractivity contribution in [2.75, 3.05) is 58.3 Å². The van der Waals surface area contributed by atoms with Crippen molar-refractivity contribution in [3.8, 4) is 11.6 Å². The molecule has 4 aromatic rings. The molecule has 0 aliphatic carbocycles. The predicted molar refractivity (Wildman–Crippen MR) is 179 cm³/mol. The lowest BCUT2D eigenvalue weighted by molar-refractivity contribution is -0.127. The van der Waals surface area contributed by atoms with Gasteiger partial charge in [0, 0.05) is 61.6 Å². The van der Waals surface area contributed by atoms with Crippen LogP contribution < -0.4 is 13.8 Å². The second-order valence-electron chi connectivity index (χ2n) is 12.3. The minimum Gasteiger partial charge on any atom is -0.497 e. The van der Waals surface area contributed by atoms with Gasteiger partial charge in [0.2, 0.25) is 11.8 Å². The molecule has 1 amide bonds. The van der Waals surface area contributed by atoms with Crippen LogP contribution in [0.5, 0.6) is 11.6 Å². The largest absolute Gasteiger partial charge is 0.497 e. The molecule has 252 valence electrons. The van der Waals surface area contributed by atoms with Crippen molar-refractivity contribution >= 4 is 33.2 Å². The SMILES string of the molecule is COc1ccc(S(=O)(=O)N2C(=O)C(c3cc(CN4CCN(C)CC4)cnc3OC)(N3CCC[C@H]3c3ncco3)c3cc(Cl)ccc32)cc1. The minimum atomic E-state index is -4.43. The van der Waals surface area contributed by atoms with Gasteiger partial charge in [-0.3, -0.25) is 14.6 Å². The number of anilines is 1. The van der Waals surface area contributed by atoms with E-state index in [0.717, 1.165) is 36.0 Å². The number of likely N-dealkylation sites (N-methyl/N-ethyl adjacent to an activating group) is 1. The lowest BCUT2D eigenvalue weighted by Gasteiger charge is -2.41. The Balaban J connectivity index is 1.46. The number of carbonyl (C=O) groups excluding carboxylic acids is 1. The van der Waals surface area contributed by atoms with Gasteiger partial charge in [-0.05, 0) is 74.0 Å². The Bertz CT molecular complexity index is 1920. The lowest BCUT2D eigenvalue weighted by atomic mass is 9.81. The van der Waals surface area contributed by atoms with E-state index in [9.17, 15) is 8.42 Å². The van der Waals surface area contributed by atoms with Crippen LogP contribution in [0, 0.1) is 0 Å². The lowest BCUT2D eigenvalue weighted by Crippen LogP contribution is -2.55. The summed E-state index contributed by atoms with van der Waals surface area (Å²) < 4.78 is 47.0. The van der Waals surface area contributed by atoms with Crippen molar-refractivity contribution in [1.82, 2.24) is 24.7 Å². The number of oxazole rings is 1. The molecule has 2 atom stereocenters. The summed E-state index contributed by atoms with van der Waals surface area (Å²) in [4.78, 5) is 31.3.